The molecule has 0 bridgehead atoms. The van der Waals surface area contributed by atoms with Crippen molar-refractivity contribution in [1.29, 1.82) is 0 Å². The number of carbonyl (C=O) groups excluding carboxylic acids is 1. The molecule has 0 unspecified atom stereocenters. The molecule has 2 heterocycles. The quantitative estimate of drug-likeness (QED) is 0.370. The lowest BCUT2D eigenvalue weighted by Crippen LogP contribution is -2.45. The molecule has 2 aromatic carbocycles. The summed E-state index contributed by atoms with van der Waals surface area (Å²) in [6, 6.07) is 16.4. The number of rotatable bonds is 8. The monoisotopic (exact) mass is 464 g/mol. The van der Waals surface area contributed by atoms with Crippen LogP contribution in [-0.2, 0) is 21.2 Å². The van der Waals surface area contributed by atoms with E-state index in [1.165, 1.54) is 19.4 Å². The van der Waals surface area contributed by atoms with Gasteiger partial charge >= 0.3 is 0 Å². The second kappa shape index (κ2) is 9.43. The highest BCUT2D eigenvalue weighted by Gasteiger charge is 2.27. The normalized spacial score (nSPS) is 12.4. The molecule has 170 valence electrons. The molecule has 0 saturated heterocycles. The van der Waals surface area contributed by atoms with Gasteiger partial charge in [0.05, 0.1) is 23.9 Å². The van der Waals surface area contributed by atoms with Crippen LogP contribution in [0.25, 0.3) is 10.9 Å². The zero-order valence-corrected chi connectivity index (χ0v) is 19.0. The van der Waals surface area contributed by atoms with Gasteiger partial charge in [0.25, 0.3) is 0 Å². The van der Waals surface area contributed by atoms with E-state index >= 15 is 0 Å². The Balaban J connectivity index is 1.64. The number of aromatic nitrogens is 2. The Morgan fingerprint density at radius 2 is 1.94 bits per heavy atom. The maximum absolute atomic E-state index is 13.2. The summed E-state index contributed by atoms with van der Waals surface area (Å²) in [4.78, 5) is 20.5. The zero-order chi connectivity index (χ0) is 23.4. The summed E-state index contributed by atoms with van der Waals surface area (Å²) in [5.41, 5.74) is 2.97. The van der Waals surface area contributed by atoms with E-state index in [1.807, 2.05) is 37.3 Å². The lowest BCUT2D eigenvalue weighted by atomic mass is 10.1. The van der Waals surface area contributed by atoms with Gasteiger partial charge in [-0.25, -0.2) is 13.4 Å². The Morgan fingerprint density at radius 3 is 2.67 bits per heavy atom. The van der Waals surface area contributed by atoms with Crippen molar-refractivity contribution >= 4 is 32.5 Å². The van der Waals surface area contributed by atoms with Crippen LogP contribution >= 0.6 is 0 Å². The summed E-state index contributed by atoms with van der Waals surface area (Å²) in [5, 5.41) is 3.67. The molecule has 0 radical (unpaired) electrons. The van der Waals surface area contributed by atoms with E-state index in [-0.39, 0.29) is 11.3 Å². The van der Waals surface area contributed by atoms with Gasteiger partial charge in [0, 0.05) is 23.2 Å². The maximum atomic E-state index is 13.2. The van der Waals surface area contributed by atoms with Gasteiger partial charge in [-0.05, 0) is 48.7 Å². The van der Waals surface area contributed by atoms with Crippen molar-refractivity contribution in [2.45, 2.75) is 24.3 Å². The SMILES string of the molecule is COc1ccc(NC(=O)[C@@H](Cc2c[nH]c3ccccc23)NS(=O)(=O)c2cccc(C)c2)cn1. The second-order valence-electron chi connectivity index (χ2n) is 7.63. The van der Waals surface area contributed by atoms with Gasteiger partial charge in [-0.2, -0.15) is 4.72 Å². The first kappa shape index (κ1) is 22.5. The number of hydrogen-bond acceptors (Lipinski definition) is 5. The minimum absolute atomic E-state index is 0.102. The summed E-state index contributed by atoms with van der Waals surface area (Å²) in [6.45, 7) is 1.81. The van der Waals surface area contributed by atoms with Crippen molar-refractivity contribution in [1.82, 2.24) is 14.7 Å². The molecule has 0 saturated carbocycles. The third-order valence-corrected chi connectivity index (χ3v) is 6.70. The average Bonchev–Trinajstić information content (AvgIpc) is 3.22. The van der Waals surface area contributed by atoms with E-state index in [9.17, 15) is 13.2 Å². The molecule has 0 aliphatic heterocycles. The zero-order valence-electron chi connectivity index (χ0n) is 18.2. The van der Waals surface area contributed by atoms with Crippen LogP contribution in [0.1, 0.15) is 11.1 Å². The molecule has 0 spiro atoms. The van der Waals surface area contributed by atoms with Crippen LogP contribution in [0, 0.1) is 6.92 Å². The number of H-pyrrole nitrogens is 1. The highest BCUT2D eigenvalue weighted by molar-refractivity contribution is 7.89. The van der Waals surface area contributed by atoms with Crippen LogP contribution in [0.15, 0.2) is 78.0 Å². The summed E-state index contributed by atoms with van der Waals surface area (Å²) >= 11 is 0. The topological polar surface area (TPSA) is 113 Å². The van der Waals surface area contributed by atoms with Crippen molar-refractivity contribution in [2.75, 3.05) is 12.4 Å². The largest absolute Gasteiger partial charge is 0.481 e. The van der Waals surface area contributed by atoms with Gasteiger partial charge in [-0.1, -0.05) is 30.3 Å². The van der Waals surface area contributed by atoms with Gasteiger partial charge < -0.3 is 15.0 Å². The van der Waals surface area contributed by atoms with E-state index in [0.717, 1.165) is 22.0 Å². The van der Waals surface area contributed by atoms with E-state index in [4.69, 9.17) is 4.74 Å². The number of anilines is 1. The van der Waals surface area contributed by atoms with Gasteiger partial charge in [-0.15, -0.1) is 0 Å². The number of fused-ring (bicyclic) bond motifs is 1. The molecular weight excluding hydrogens is 440 g/mol. The summed E-state index contributed by atoms with van der Waals surface area (Å²) in [6.07, 6.45) is 3.40. The molecule has 8 nitrogen and oxygen atoms in total. The molecule has 4 aromatic rings. The first-order valence-corrected chi connectivity index (χ1v) is 11.8. The third kappa shape index (κ3) is 5.21. The van der Waals surface area contributed by atoms with E-state index in [1.54, 1.807) is 30.5 Å². The number of hydrogen-bond donors (Lipinski definition) is 3. The van der Waals surface area contributed by atoms with E-state index in [2.05, 4.69) is 20.0 Å². The van der Waals surface area contributed by atoms with E-state index in [0.29, 0.717) is 11.6 Å². The highest BCUT2D eigenvalue weighted by atomic mass is 32.2. The van der Waals surface area contributed by atoms with Gasteiger partial charge in [0.15, 0.2) is 0 Å². The summed E-state index contributed by atoms with van der Waals surface area (Å²) in [7, 11) is -2.45. The second-order valence-corrected chi connectivity index (χ2v) is 9.35. The van der Waals surface area contributed by atoms with Crippen molar-refractivity contribution in [3.8, 4) is 5.88 Å². The standard InChI is InChI=1S/C24H24N4O4S/c1-16-6-5-7-19(12-16)33(30,31)28-22(13-17-14-25-21-9-4-3-8-20(17)21)24(29)27-18-10-11-23(32-2)26-15-18/h3-12,14-15,22,25,28H,13H2,1-2H3,(H,27,29)/t22-/m1/s1. The lowest BCUT2D eigenvalue weighted by Gasteiger charge is -2.19. The summed E-state index contributed by atoms with van der Waals surface area (Å²) in [5.74, 6) is -0.0908. The number of carbonyl (C=O) groups is 1. The number of nitrogens with zero attached hydrogens (tertiary/aromatic N) is 1. The van der Waals surface area contributed by atoms with Crippen LogP contribution in [-0.4, -0.2) is 37.4 Å². The number of aryl methyl sites for hydroxylation is 1. The predicted octanol–water partition coefficient (Wildman–Crippen LogP) is 3.41. The van der Waals surface area contributed by atoms with Crippen molar-refractivity contribution in [3.63, 3.8) is 0 Å². The Kier molecular flexibility index (Phi) is 6.43. The molecule has 1 atom stereocenters. The minimum atomic E-state index is -3.94. The Morgan fingerprint density at radius 1 is 1.12 bits per heavy atom. The molecule has 0 aliphatic carbocycles. The predicted molar refractivity (Wildman–Crippen MR) is 127 cm³/mol. The highest BCUT2D eigenvalue weighted by Crippen LogP contribution is 2.21. The average molecular weight is 465 g/mol. The molecule has 0 aliphatic rings. The molecule has 9 heteroatoms. The number of para-hydroxylation sites is 1. The molecule has 33 heavy (non-hydrogen) atoms. The van der Waals surface area contributed by atoms with Crippen molar-refractivity contribution in [2.24, 2.45) is 0 Å². The van der Waals surface area contributed by atoms with Crippen molar-refractivity contribution < 1.29 is 17.9 Å². The molecule has 4 rings (SSSR count). The van der Waals surface area contributed by atoms with Gasteiger partial charge in [-0.3, -0.25) is 4.79 Å². The number of aromatic amines is 1. The van der Waals surface area contributed by atoms with Crippen LogP contribution in [0.5, 0.6) is 5.88 Å². The number of methoxy groups -OCH3 is 1. The van der Waals surface area contributed by atoms with Crippen LogP contribution in [0.3, 0.4) is 0 Å². The number of sulfonamides is 1. The smallest absolute Gasteiger partial charge is 0.242 e. The van der Waals surface area contributed by atoms with Crippen LogP contribution in [0.2, 0.25) is 0 Å². The number of ether oxygens (including phenoxy) is 1. The number of amides is 1. The minimum Gasteiger partial charge on any atom is -0.481 e. The first-order chi connectivity index (χ1) is 15.9. The van der Waals surface area contributed by atoms with E-state index < -0.39 is 22.0 Å². The lowest BCUT2D eigenvalue weighted by molar-refractivity contribution is -0.117. The van der Waals surface area contributed by atoms with Gasteiger partial charge in [0.2, 0.25) is 21.8 Å². The van der Waals surface area contributed by atoms with Gasteiger partial charge in [0.1, 0.15) is 6.04 Å². The fourth-order valence-corrected chi connectivity index (χ4v) is 4.85. The molecule has 1 amide bonds. The fraction of sp³-hybridized carbons (Fsp3) is 0.167. The Bertz CT molecular complexity index is 1380. The Labute approximate surface area is 192 Å². The maximum Gasteiger partial charge on any atom is 0.242 e. The Hall–Kier alpha value is -3.69. The van der Waals surface area contributed by atoms with Crippen LogP contribution < -0.4 is 14.8 Å². The fourth-order valence-electron chi connectivity index (χ4n) is 3.55. The molecule has 2 aromatic heterocycles. The van der Waals surface area contributed by atoms with Crippen molar-refractivity contribution in [3.05, 3.63) is 84.2 Å². The molecule has 0 fully saturated rings. The number of pyridine rings is 1. The first-order valence-electron chi connectivity index (χ1n) is 10.3. The molecular formula is C24H24N4O4S. The number of benzene rings is 2. The molecule has 3 N–H and O–H groups in total. The van der Waals surface area contributed by atoms with Crippen LogP contribution in [0.4, 0.5) is 5.69 Å². The number of nitrogens with one attached hydrogen (secondary N) is 3. The summed E-state index contributed by atoms with van der Waals surface area (Å²) < 4.78 is 33.8. The third-order valence-electron chi connectivity index (χ3n) is 5.23.